The molecule has 1 saturated heterocycles. The number of carbonyl (C=O) groups is 3. The largest absolute Gasteiger partial charge is 0.530 e. The summed E-state index contributed by atoms with van der Waals surface area (Å²) in [6.07, 6.45) is -3.17. The maximum absolute atomic E-state index is 11.5. The Balaban J connectivity index is 1.63. The smallest absolute Gasteiger partial charge is 0.223 e. The van der Waals surface area contributed by atoms with Gasteiger partial charge in [-0.3, -0.25) is 9.69 Å². The number of benzene rings is 1. The van der Waals surface area contributed by atoms with Crippen molar-refractivity contribution in [3.8, 4) is 0 Å². The van der Waals surface area contributed by atoms with Gasteiger partial charge in [0.15, 0.2) is 11.4 Å². The lowest BCUT2D eigenvalue weighted by atomic mass is 10.1. The number of carboxylic acid groups (broad SMARTS) is 2. The number of carbonyl (C=O) groups excluding carboxylic acids is 3. The standard InChI is InChI=1S/C21H28N6O5S2/c1-13(28)22-19-24-16(17(34-19)12-27-8-10-33-11-9-27)7-4-14-2-5-15(6-3-14)23-18(25-20(29)30)26-21(31)32/h2-3,5-6,18,23,25-26H,4,7-12H2,1H3,(H,29,30)(H,31,32)(H,22,24,28)/p-2. The number of amides is 3. The number of rotatable bonds is 10. The highest BCUT2D eigenvalue weighted by atomic mass is 32.2. The molecule has 0 saturated carbocycles. The van der Waals surface area contributed by atoms with Crippen molar-refractivity contribution in [2.75, 3.05) is 35.2 Å². The van der Waals surface area contributed by atoms with Crippen molar-refractivity contribution < 1.29 is 24.6 Å². The van der Waals surface area contributed by atoms with Gasteiger partial charge in [0.1, 0.15) is 12.2 Å². The van der Waals surface area contributed by atoms with Crippen LogP contribution in [-0.4, -0.2) is 58.9 Å². The molecule has 34 heavy (non-hydrogen) atoms. The molecule has 184 valence electrons. The van der Waals surface area contributed by atoms with Crippen LogP contribution < -0.4 is 31.5 Å². The zero-order valence-electron chi connectivity index (χ0n) is 18.6. The van der Waals surface area contributed by atoms with Gasteiger partial charge >= 0.3 is 0 Å². The fraction of sp³-hybridized carbons (Fsp3) is 0.429. The Bertz CT molecular complexity index is 978. The van der Waals surface area contributed by atoms with Crippen molar-refractivity contribution in [2.45, 2.75) is 32.6 Å². The Morgan fingerprint density at radius 2 is 1.71 bits per heavy atom. The van der Waals surface area contributed by atoms with E-state index in [-0.39, 0.29) is 5.91 Å². The normalized spacial score (nSPS) is 13.9. The van der Waals surface area contributed by atoms with Crippen molar-refractivity contribution in [1.29, 1.82) is 0 Å². The summed E-state index contributed by atoms with van der Waals surface area (Å²) in [7, 11) is 0. The average molecular weight is 507 g/mol. The van der Waals surface area contributed by atoms with Crippen LogP contribution in [0, 0.1) is 0 Å². The fourth-order valence-corrected chi connectivity index (χ4v) is 5.48. The van der Waals surface area contributed by atoms with Gasteiger partial charge in [-0.1, -0.05) is 12.1 Å². The Labute approximate surface area is 205 Å². The van der Waals surface area contributed by atoms with E-state index in [4.69, 9.17) is 0 Å². The van der Waals surface area contributed by atoms with Crippen LogP contribution in [0.25, 0.3) is 0 Å². The quantitative estimate of drug-likeness (QED) is 0.325. The number of hydrogen-bond donors (Lipinski definition) is 4. The van der Waals surface area contributed by atoms with Crippen molar-refractivity contribution in [3.63, 3.8) is 0 Å². The summed E-state index contributed by atoms with van der Waals surface area (Å²) in [6.45, 7) is 4.35. The van der Waals surface area contributed by atoms with Crippen LogP contribution in [0.4, 0.5) is 20.4 Å². The van der Waals surface area contributed by atoms with Crippen LogP contribution >= 0.6 is 23.1 Å². The summed E-state index contributed by atoms with van der Waals surface area (Å²) in [5.74, 6) is 2.08. The van der Waals surface area contributed by atoms with Gasteiger partial charge in [-0.15, -0.1) is 11.3 Å². The molecule has 0 atom stereocenters. The van der Waals surface area contributed by atoms with Crippen LogP contribution in [0.5, 0.6) is 0 Å². The van der Waals surface area contributed by atoms with E-state index in [9.17, 15) is 24.6 Å². The molecule has 2 heterocycles. The number of nitrogens with one attached hydrogen (secondary N) is 4. The van der Waals surface area contributed by atoms with E-state index in [1.165, 1.54) is 18.3 Å². The third-order valence-corrected chi connectivity index (χ3v) is 6.91. The first kappa shape index (κ1) is 25.6. The molecule has 0 bridgehead atoms. The van der Waals surface area contributed by atoms with Crippen molar-refractivity contribution in [3.05, 3.63) is 40.4 Å². The number of aromatic nitrogens is 1. The minimum absolute atomic E-state index is 0.149. The summed E-state index contributed by atoms with van der Waals surface area (Å²) in [4.78, 5) is 41.1. The highest BCUT2D eigenvalue weighted by Crippen LogP contribution is 2.27. The molecule has 1 aliphatic rings. The second-order valence-corrected chi connectivity index (χ2v) is 9.90. The van der Waals surface area contributed by atoms with Gasteiger partial charge in [0, 0.05) is 48.6 Å². The Hall–Kier alpha value is -3.03. The molecule has 1 aromatic heterocycles. The van der Waals surface area contributed by atoms with E-state index < -0.39 is 18.5 Å². The lowest BCUT2D eigenvalue weighted by molar-refractivity contribution is -0.255. The molecule has 11 nitrogen and oxygen atoms in total. The number of aryl methyl sites for hydroxylation is 2. The van der Waals surface area contributed by atoms with E-state index in [0.717, 1.165) is 47.3 Å². The molecule has 2 aromatic rings. The predicted molar refractivity (Wildman–Crippen MR) is 127 cm³/mol. The van der Waals surface area contributed by atoms with Gasteiger partial charge in [-0.05, 0) is 30.5 Å². The van der Waals surface area contributed by atoms with Gasteiger partial charge in [0.25, 0.3) is 0 Å². The number of thiazole rings is 1. The van der Waals surface area contributed by atoms with E-state index >= 15 is 0 Å². The first-order valence-corrected chi connectivity index (χ1v) is 12.6. The van der Waals surface area contributed by atoms with Crippen molar-refractivity contribution in [1.82, 2.24) is 20.5 Å². The predicted octanol–water partition coefficient (Wildman–Crippen LogP) is -0.00320. The lowest BCUT2D eigenvalue weighted by Gasteiger charge is -2.25. The van der Waals surface area contributed by atoms with Gasteiger partial charge < -0.3 is 41.1 Å². The molecular formula is C21H26N6O5S2-2. The zero-order valence-corrected chi connectivity index (χ0v) is 20.2. The summed E-state index contributed by atoms with van der Waals surface area (Å²) in [5, 5.41) is 31.3. The Morgan fingerprint density at radius 1 is 1.06 bits per heavy atom. The summed E-state index contributed by atoms with van der Waals surface area (Å²) < 4.78 is 0. The van der Waals surface area contributed by atoms with E-state index in [1.54, 1.807) is 12.1 Å². The summed E-state index contributed by atoms with van der Waals surface area (Å²) in [5.41, 5.74) is 2.49. The molecule has 0 aliphatic carbocycles. The molecule has 0 unspecified atom stereocenters. The minimum Gasteiger partial charge on any atom is -0.530 e. The molecule has 13 heteroatoms. The van der Waals surface area contributed by atoms with Crippen LogP contribution in [0.15, 0.2) is 24.3 Å². The molecule has 4 N–H and O–H groups in total. The van der Waals surface area contributed by atoms with Crippen molar-refractivity contribution in [2.24, 2.45) is 0 Å². The second-order valence-electron chi connectivity index (χ2n) is 7.60. The molecule has 1 aliphatic heterocycles. The second kappa shape index (κ2) is 12.4. The van der Waals surface area contributed by atoms with Gasteiger partial charge in [0.2, 0.25) is 5.91 Å². The zero-order chi connectivity index (χ0) is 24.5. The summed E-state index contributed by atoms with van der Waals surface area (Å²) in [6, 6.07) is 7.15. The maximum atomic E-state index is 11.5. The van der Waals surface area contributed by atoms with E-state index in [0.29, 0.717) is 23.7 Å². The van der Waals surface area contributed by atoms with Crippen LogP contribution in [0.1, 0.15) is 23.1 Å². The van der Waals surface area contributed by atoms with Crippen LogP contribution in [-0.2, 0) is 24.2 Å². The SMILES string of the molecule is CC(=O)Nc1nc(CCc2ccc(NC(NC(=O)[O-])NC(=O)[O-])cc2)c(CN2CCSCC2)s1. The molecule has 0 radical (unpaired) electrons. The molecule has 3 rings (SSSR count). The van der Waals surface area contributed by atoms with Gasteiger partial charge in [0.05, 0.1) is 5.69 Å². The van der Waals surface area contributed by atoms with Gasteiger partial charge in [-0.25, -0.2) is 4.98 Å². The topological polar surface area (TPSA) is 162 Å². The van der Waals surface area contributed by atoms with Crippen LogP contribution in [0.2, 0.25) is 0 Å². The van der Waals surface area contributed by atoms with Crippen LogP contribution in [0.3, 0.4) is 0 Å². The Morgan fingerprint density at radius 3 is 2.29 bits per heavy atom. The Kier molecular flexibility index (Phi) is 9.36. The highest BCUT2D eigenvalue weighted by molar-refractivity contribution is 7.99. The van der Waals surface area contributed by atoms with E-state index in [2.05, 4.69) is 20.5 Å². The third-order valence-electron chi connectivity index (χ3n) is 4.97. The van der Waals surface area contributed by atoms with Crippen molar-refractivity contribution >= 4 is 52.0 Å². The summed E-state index contributed by atoms with van der Waals surface area (Å²) >= 11 is 3.47. The first-order chi connectivity index (χ1) is 16.3. The lowest BCUT2D eigenvalue weighted by Crippen LogP contribution is -2.58. The fourth-order valence-electron chi connectivity index (χ4n) is 3.41. The molecule has 0 spiro atoms. The monoisotopic (exact) mass is 506 g/mol. The third kappa shape index (κ3) is 8.39. The van der Waals surface area contributed by atoms with Gasteiger partial charge in [-0.2, -0.15) is 11.8 Å². The highest BCUT2D eigenvalue weighted by Gasteiger charge is 2.17. The molecule has 3 amide bonds. The number of nitrogens with zero attached hydrogens (tertiary/aromatic N) is 2. The number of thioether (sulfide) groups is 1. The molecular weight excluding hydrogens is 480 g/mol. The average Bonchev–Trinajstić information content (AvgIpc) is 3.13. The van der Waals surface area contributed by atoms with E-state index in [1.807, 2.05) is 34.5 Å². The number of hydrogen-bond acceptors (Lipinski definition) is 10. The molecule has 1 aromatic carbocycles. The first-order valence-electron chi connectivity index (χ1n) is 10.7. The molecule has 1 fully saturated rings. The number of anilines is 2. The maximum Gasteiger partial charge on any atom is 0.223 e. The minimum atomic E-state index is -1.64.